The second-order valence-electron chi connectivity index (χ2n) is 4.46. The van der Waals surface area contributed by atoms with Gasteiger partial charge in [-0.3, -0.25) is 15.1 Å². The van der Waals surface area contributed by atoms with Crippen LogP contribution in [0.1, 0.15) is 30.4 Å². The largest absolute Gasteiger partial charge is 0.370 e. The highest BCUT2D eigenvalue weighted by Crippen LogP contribution is 2.21. The monoisotopic (exact) mass is 247 g/mol. The second-order valence-corrected chi connectivity index (χ2v) is 4.46. The third-order valence-electron chi connectivity index (χ3n) is 3.22. The molecule has 2 rings (SSSR count). The maximum Gasteiger partial charge on any atom is 0.272 e. The predicted molar refractivity (Wildman–Crippen MR) is 70.8 cm³/mol. The maximum absolute atomic E-state index is 10.8. The third kappa shape index (κ3) is 2.85. The molecule has 0 spiro atoms. The summed E-state index contributed by atoms with van der Waals surface area (Å²) in [5, 5.41) is 14.1. The van der Waals surface area contributed by atoms with Crippen molar-refractivity contribution < 1.29 is 4.92 Å². The summed E-state index contributed by atoms with van der Waals surface area (Å²) in [6, 6.07) is 5.18. The van der Waals surface area contributed by atoms with Gasteiger partial charge in [-0.15, -0.1) is 0 Å². The van der Waals surface area contributed by atoms with E-state index in [1.54, 1.807) is 13.0 Å². The minimum atomic E-state index is -0.336. The Morgan fingerprint density at radius 1 is 1.44 bits per heavy atom. The van der Waals surface area contributed by atoms with Crippen LogP contribution in [-0.2, 0) is 6.54 Å². The van der Waals surface area contributed by atoms with E-state index in [0.29, 0.717) is 6.54 Å². The molecule has 1 aromatic carbocycles. The third-order valence-corrected chi connectivity index (χ3v) is 3.22. The molecule has 18 heavy (non-hydrogen) atoms. The molecule has 0 saturated carbocycles. The quantitative estimate of drug-likeness (QED) is 0.659. The van der Waals surface area contributed by atoms with Crippen LogP contribution in [0, 0.1) is 17.0 Å². The summed E-state index contributed by atoms with van der Waals surface area (Å²) in [5.41, 5.74) is 1.86. The number of nitrogens with one attached hydrogen (secondary N) is 1. The first-order valence-corrected chi connectivity index (χ1v) is 6.18. The molecule has 1 aliphatic rings. The highest BCUT2D eigenvalue weighted by atomic mass is 16.6. The first-order valence-electron chi connectivity index (χ1n) is 6.18. The van der Waals surface area contributed by atoms with Crippen molar-refractivity contribution in [3.8, 4) is 0 Å². The summed E-state index contributed by atoms with van der Waals surface area (Å²) in [4.78, 5) is 14.9. The van der Waals surface area contributed by atoms with Crippen molar-refractivity contribution in [2.24, 2.45) is 4.99 Å². The molecule has 0 amide bonds. The van der Waals surface area contributed by atoms with Crippen molar-refractivity contribution in [1.29, 1.82) is 0 Å². The van der Waals surface area contributed by atoms with Crippen LogP contribution in [0.15, 0.2) is 23.2 Å². The SMILES string of the molecule is Cc1c(CNC2=NCCCC2)cccc1[N+](=O)[O-]. The normalized spacial score (nSPS) is 15.1. The lowest BCUT2D eigenvalue weighted by atomic mass is 10.1. The highest BCUT2D eigenvalue weighted by Gasteiger charge is 2.13. The van der Waals surface area contributed by atoms with Gasteiger partial charge in [0.1, 0.15) is 0 Å². The van der Waals surface area contributed by atoms with Gasteiger partial charge in [-0.05, 0) is 25.3 Å². The summed E-state index contributed by atoms with van der Waals surface area (Å²) in [6.07, 6.45) is 3.30. The summed E-state index contributed by atoms with van der Waals surface area (Å²) in [5.74, 6) is 1.02. The fourth-order valence-electron chi connectivity index (χ4n) is 2.10. The zero-order chi connectivity index (χ0) is 13.0. The number of rotatable bonds is 3. The van der Waals surface area contributed by atoms with Gasteiger partial charge in [0.25, 0.3) is 5.69 Å². The average molecular weight is 247 g/mol. The van der Waals surface area contributed by atoms with Crippen LogP contribution in [-0.4, -0.2) is 17.3 Å². The van der Waals surface area contributed by atoms with Gasteiger partial charge in [-0.25, -0.2) is 0 Å². The minimum Gasteiger partial charge on any atom is -0.370 e. The first-order chi connectivity index (χ1) is 8.68. The van der Waals surface area contributed by atoms with Crippen LogP contribution in [0.25, 0.3) is 0 Å². The number of aliphatic imine (C=N–C) groups is 1. The Labute approximate surface area is 106 Å². The van der Waals surface area contributed by atoms with Gasteiger partial charge in [0.2, 0.25) is 0 Å². The van der Waals surface area contributed by atoms with Crippen LogP contribution >= 0.6 is 0 Å². The molecule has 1 N–H and O–H groups in total. The molecular formula is C13H17N3O2. The van der Waals surface area contributed by atoms with Crippen LogP contribution in [0.5, 0.6) is 0 Å². The number of nitro groups is 1. The van der Waals surface area contributed by atoms with E-state index in [1.165, 1.54) is 12.5 Å². The molecule has 0 bridgehead atoms. The molecular weight excluding hydrogens is 230 g/mol. The van der Waals surface area contributed by atoms with E-state index in [-0.39, 0.29) is 10.6 Å². The molecule has 1 aromatic rings. The molecule has 0 unspecified atom stereocenters. The van der Waals surface area contributed by atoms with E-state index in [2.05, 4.69) is 10.3 Å². The average Bonchev–Trinajstić information content (AvgIpc) is 2.38. The zero-order valence-electron chi connectivity index (χ0n) is 10.5. The lowest BCUT2D eigenvalue weighted by molar-refractivity contribution is -0.385. The van der Waals surface area contributed by atoms with E-state index in [0.717, 1.165) is 36.3 Å². The summed E-state index contributed by atoms with van der Waals surface area (Å²) >= 11 is 0. The van der Waals surface area contributed by atoms with Crippen molar-refractivity contribution in [2.75, 3.05) is 6.54 Å². The van der Waals surface area contributed by atoms with Crippen LogP contribution < -0.4 is 5.32 Å². The lowest BCUT2D eigenvalue weighted by Crippen LogP contribution is -2.25. The fourth-order valence-corrected chi connectivity index (χ4v) is 2.10. The van der Waals surface area contributed by atoms with Crippen molar-refractivity contribution in [3.63, 3.8) is 0 Å². The Morgan fingerprint density at radius 2 is 2.28 bits per heavy atom. The summed E-state index contributed by atoms with van der Waals surface area (Å²) < 4.78 is 0. The Hall–Kier alpha value is -1.91. The standard InChI is InChI=1S/C13H17N3O2/c1-10-11(5-4-6-12(10)16(17)18)9-15-13-7-2-3-8-14-13/h4-6H,2-3,7-9H2,1H3,(H,14,15). The molecule has 1 aliphatic heterocycles. The van der Waals surface area contributed by atoms with Gasteiger partial charge in [0.15, 0.2) is 0 Å². The molecule has 0 radical (unpaired) electrons. The van der Waals surface area contributed by atoms with Gasteiger partial charge >= 0.3 is 0 Å². The topological polar surface area (TPSA) is 67.5 Å². The number of benzene rings is 1. The predicted octanol–water partition coefficient (Wildman–Crippen LogP) is 2.58. The van der Waals surface area contributed by atoms with Gasteiger partial charge in [-0.1, -0.05) is 12.1 Å². The van der Waals surface area contributed by atoms with E-state index < -0.39 is 0 Å². The van der Waals surface area contributed by atoms with Crippen molar-refractivity contribution in [3.05, 3.63) is 39.4 Å². The number of hydrogen-bond acceptors (Lipinski definition) is 4. The van der Waals surface area contributed by atoms with E-state index in [4.69, 9.17) is 0 Å². The molecule has 5 nitrogen and oxygen atoms in total. The zero-order valence-corrected chi connectivity index (χ0v) is 10.5. The lowest BCUT2D eigenvalue weighted by Gasteiger charge is -2.14. The van der Waals surface area contributed by atoms with Gasteiger partial charge in [-0.2, -0.15) is 0 Å². The molecule has 5 heteroatoms. The molecule has 1 heterocycles. The van der Waals surface area contributed by atoms with E-state index in [9.17, 15) is 10.1 Å². The van der Waals surface area contributed by atoms with Gasteiger partial charge < -0.3 is 5.32 Å². The molecule has 0 atom stereocenters. The van der Waals surface area contributed by atoms with Crippen molar-refractivity contribution in [2.45, 2.75) is 32.7 Å². The Bertz CT molecular complexity index is 483. The van der Waals surface area contributed by atoms with E-state index in [1.807, 2.05) is 6.07 Å². The van der Waals surface area contributed by atoms with Gasteiger partial charge in [0, 0.05) is 31.1 Å². The number of hydrogen-bond donors (Lipinski definition) is 1. The van der Waals surface area contributed by atoms with Crippen molar-refractivity contribution in [1.82, 2.24) is 5.32 Å². The minimum absolute atomic E-state index is 0.180. The molecule has 0 aromatic heterocycles. The second kappa shape index (κ2) is 5.62. The number of nitro benzene ring substituents is 1. The molecule has 0 aliphatic carbocycles. The summed E-state index contributed by atoms with van der Waals surface area (Å²) in [6.45, 7) is 3.28. The Kier molecular flexibility index (Phi) is 3.92. The summed E-state index contributed by atoms with van der Waals surface area (Å²) in [7, 11) is 0. The Balaban J connectivity index is 2.07. The first kappa shape index (κ1) is 12.5. The van der Waals surface area contributed by atoms with Crippen molar-refractivity contribution >= 4 is 11.5 Å². The fraction of sp³-hybridized carbons (Fsp3) is 0.462. The highest BCUT2D eigenvalue weighted by molar-refractivity contribution is 5.82. The molecule has 0 saturated heterocycles. The Morgan fingerprint density at radius 3 is 2.94 bits per heavy atom. The van der Waals surface area contributed by atoms with Crippen LogP contribution in [0.3, 0.4) is 0 Å². The van der Waals surface area contributed by atoms with E-state index >= 15 is 0 Å². The molecule has 96 valence electrons. The van der Waals surface area contributed by atoms with Crippen LogP contribution in [0.2, 0.25) is 0 Å². The number of nitrogens with zero attached hydrogens (tertiary/aromatic N) is 2. The van der Waals surface area contributed by atoms with Gasteiger partial charge in [0.05, 0.1) is 10.8 Å². The number of amidine groups is 1. The smallest absolute Gasteiger partial charge is 0.272 e. The molecule has 0 fully saturated rings. The van der Waals surface area contributed by atoms with Crippen LogP contribution in [0.4, 0.5) is 5.69 Å². The maximum atomic E-state index is 10.8.